The lowest BCUT2D eigenvalue weighted by molar-refractivity contribution is 0.0967. The van der Waals surface area contributed by atoms with E-state index in [0.717, 1.165) is 0 Å². The van der Waals surface area contributed by atoms with Crippen LogP contribution in [0.1, 0.15) is 9.67 Å². The molecule has 0 saturated carbocycles. The van der Waals surface area contributed by atoms with E-state index in [1.165, 1.54) is 24.5 Å². The number of amides is 1. The van der Waals surface area contributed by atoms with Gasteiger partial charge in [0.05, 0.1) is 29.7 Å². The van der Waals surface area contributed by atoms with Crippen LogP contribution in [0, 0.1) is 12.4 Å². The minimum Gasteiger partial charge on any atom is -0.378 e. The summed E-state index contributed by atoms with van der Waals surface area (Å²) in [7, 11) is 1.53. The van der Waals surface area contributed by atoms with Crippen molar-refractivity contribution < 1.29 is 13.9 Å². The van der Waals surface area contributed by atoms with E-state index in [-0.39, 0.29) is 11.5 Å². The van der Waals surface area contributed by atoms with E-state index in [1.807, 2.05) is 4.90 Å². The fourth-order valence-corrected chi connectivity index (χ4v) is 3.94. The molecule has 0 spiro atoms. The predicted molar refractivity (Wildman–Crippen MR) is 92.4 cm³/mol. The van der Waals surface area contributed by atoms with Gasteiger partial charge < -0.3 is 15.0 Å². The summed E-state index contributed by atoms with van der Waals surface area (Å²) in [6.07, 6.45) is 0. The summed E-state index contributed by atoms with van der Waals surface area (Å²) in [5.74, 6) is -0.762. The number of carbonyl (C=O) groups excluding carboxylic acids is 1. The number of morpholine rings is 1. The Bertz CT molecular complexity index is 807. The molecule has 2 heterocycles. The van der Waals surface area contributed by atoms with Gasteiger partial charge in [-0.2, -0.15) is 0 Å². The van der Waals surface area contributed by atoms with Crippen molar-refractivity contribution in [3.05, 3.63) is 46.4 Å². The van der Waals surface area contributed by atoms with E-state index in [2.05, 4.69) is 10.2 Å². The molecule has 0 radical (unpaired) electrons. The largest absolute Gasteiger partial charge is 0.378 e. The molecule has 2 aromatic rings. The molecule has 0 atom stereocenters. The highest BCUT2D eigenvalue weighted by Gasteiger charge is 2.28. The average Bonchev–Trinajstić information content (AvgIpc) is 3.01. The van der Waals surface area contributed by atoms with Crippen LogP contribution in [-0.2, 0) is 4.74 Å². The summed E-state index contributed by atoms with van der Waals surface area (Å²) in [6, 6.07) is 6.22. The molecule has 3 rings (SSSR count). The zero-order valence-electron chi connectivity index (χ0n) is 13.1. The maximum absolute atomic E-state index is 14.3. The molecular weight excluding hydrogens is 329 g/mol. The molecule has 1 aliphatic rings. The number of halogens is 1. The van der Waals surface area contributed by atoms with Crippen molar-refractivity contribution in [2.75, 3.05) is 38.3 Å². The first-order chi connectivity index (χ1) is 11.7. The van der Waals surface area contributed by atoms with Gasteiger partial charge >= 0.3 is 0 Å². The second-order valence-corrected chi connectivity index (χ2v) is 6.23. The van der Waals surface area contributed by atoms with E-state index in [4.69, 9.17) is 11.3 Å². The van der Waals surface area contributed by atoms with Gasteiger partial charge in [-0.25, -0.2) is 9.24 Å². The average molecular weight is 345 g/mol. The molecule has 1 aromatic carbocycles. The Morgan fingerprint density at radius 2 is 2.08 bits per heavy atom. The molecule has 124 valence electrons. The highest BCUT2D eigenvalue weighted by atomic mass is 32.1. The first-order valence-corrected chi connectivity index (χ1v) is 8.33. The van der Waals surface area contributed by atoms with Crippen LogP contribution in [0.25, 0.3) is 16.0 Å². The van der Waals surface area contributed by atoms with Gasteiger partial charge in [0.15, 0.2) is 0 Å². The summed E-state index contributed by atoms with van der Waals surface area (Å²) in [4.78, 5) is 18.3. The van der Waals surface area contributed by atoms with E-state index >= 15 is 0 Å². The third-order valence-corrected chi connectivity index (χ3v) is 5.09. The van der Waals surface area contributed by atoms with Crippen molar-refractivity contribution in [2.45, 2.75) is 0 Å². The van der Waals surface area contributed by atoms with Crippen molar-refractivity contribution in [3.63, 3.8) is 0 Å². The SMILES string of the molecule is [C-]#[N+]c1c(N2CCOCC2)sc(C(=O)NC)c1-c1ccccc1F. The van der Waals surface area contributed by atoms with Crippen LogP contribution in [0.5, 0.6) is 0 Å². The molecule has 7 heteroatoms. The summed E-state index contributed by atoms with van der Waals surface area (Å²) < 4.78 is 19.7. The van der Waals surface area contributed by atoms with Crippen LogP contribution in [0.15, 0.2) is 24.3 Å². The van der Waals surface area contributed by atoms with Gasteiger partial charge in [0.1, 0.15) is 5.82 Å². The first-order valence-electron chi connectivity index (χ1n) is 7.51. The summed E-state index contributed by atoms with van der Waals surface area (Å²) >= 11 is 1.23. The Kier molecular flexibility index (Phi) is 4.79. The topological polar surface area (TPSA) is 45.9 Å². The molecule has 1 N–H and O–H groups in total. The highest BCUT2D eigenvalue weighted by Crippen LogP contribution is 2.49. The zero-order valence-corrected chi connectivity index (χ0v) is 14.0. The van der Waals surface area contributed by atoms with E-state index in [0.29, 0.717) is 47.4 Å². The van der Waals surface area contributed by atoms with Crippen molar-refractivity contribution >= 4 is 27.9 Å². The fourth-order valence-electron chi connectivity index (χ4n) is 2.68. The van der Waals surface area contributed by atoms with Crippen LogP contribution >= 0.6 is 11.3 Å². The van der Waals surface area contributed by atoms with E-state index < -0.39 is 5.82 Å². The smallest absolute Gasteiger partial charge is 0.260 e. The number of rotatable bonds is 3. The highest BCUT2D eigenvalue weighted by molar-refractivity contribution is 7.19. The Morgan fingerprint density at radius 3 is 2.71 bits per heavy atom. The lowest BCUT2D eigenvalue weighted by atomic mass is 10.0. The third-order valence-electron chi connectivity index (χ3n) is 3.85. The Labute approximate surface area is 143 Å². The van der Waals surface area contributed by atoms with Crippen LogP contribution < -0.4 is 10.2 Å². The van der Waals surface area contributed by atoms with Crippen molar-refractivity contribution in [1.82, 2.24) is 5.32 Å². The molecule has 1 saturated heterocycles. The van der Waals surface area contributed by atoms with Gasteiger partial charge in [-0.1, -0.05) is 18.2 Å². The normalized spacial score (nSPS) is 14.3. The van der Waals surface area contributed by atoms with Crippen molar-refractivity contribution in [2.24, 2.45) is 0 Å². The predicted octanol–water partition coefficient (Wildman–Crippen LogP) is 3.30. The van der Waals surface area contributed by atoms with Crippen molar-refractivity contribution in [3.8, 4) is 11.1 Å². The molecular formula is C17H16FN3O2S. The number of nitrogens with zero attached hydrogens (tertiary/aromatic N) is 2. The van der Waals surface area contributed by atoms with Crippen molar-refractivity contribution in [1.29, 1.82) is 0 Å². The van der Waals surface area contributed by atoms with E-state index in [1.54, 1.807) is 18.2 Å². The molecule has 24 heavy (non-hydrogen) atoms. The second kappa shape index (κ2) is 6.99. The molecule has 0 bridgehead atoms. The van der Waals surface area contributed by atoms with Gasteiger partial charge in [0.2, 0.25) is 5.69 Å². The number of nitrogens with one attached hydrogen (secondary N) is 1. The van der Waals surface area contributed by atoms with Crippen LogP contribution in [0.2, 0.25) is 0 Å². The van der Waals surface area contributed by atoms with Crippen LogP contribution in [0.4, 0.5) is 15.1 Å². The maximum Gasteiger partial charge on any atom is 0.260 e. The summed E-state index contributed by atoms with van der Waals surface area (Å²) in [6.45, 7) is 10.0. The number of thiophene rings is 1. The Balaban J connectivity index is 2.22. The molecule has 5 nitrogen and oxygen atoms in total. The molecule has 1 aromatic heterocycles. The number of ether oxygens (including phenoxy) is 1. The van der Waals surface area contributed by atoms with E-state index in [9.17, 15) is 9.18 Å². The van der Waals surface area contributed by atoms with Gasteiger partial charge in [0, 0.05) is 31.3 Å². The minimum atomic E-state index is -0.445. The molecule has 0 aliphatic carbocycles. The lowest BCUT2D eigenvalue weighted by Gasteiger charge is -2.28. The Morgan fingerprint density at radius 1 is 1.38 bits per heavy atom. The molecule has 1 aliphatic heterocycles. The number of carbonyl (C=O) groups is 1. The number of hydrogen-bond acceptors (Lipinski definition) is 4. The van der Waals surface area contributed by atoms with Gasteiger partial charge in [-0.05, 0) is 6.07 Å². The zero-order chi connectivity index (χ0) is 17.1. The number of anilines is 1. The molecule has 0 unspecified atom stereocenters. The van der Waals surface area contributed by atoms with Gasteiger partial charge in [-0.3, -0.25) is 4.79 Å². The number of hydrogen-bond donors (Lipinski definition) is 1. The summed E-state index contributed by atoms with van der Waals surface area (Å²) in [5, 5.41) is 3.28. The van der Waals surface area contributed by atoms with Gasteiger partial charge in [-0.15, -0.1) is 11.3 Å². The lowest BCUT2D eigenvalue weighted by Crippen LogP contribution is -2.35. The third kappa shape index (κ3) is 2.86. The Hall–Kier alpha value is -2.43. The minimum absolute atomic E-state index is 0.276. The molecule has 1 fully saturated rings. The van der Waals surface area contributed by atoms with Crippen LogP contribution in [0.3, 0.4) is 0 Å². The van der Waals surface area contributed by atoms with Gasteiger partial charge in [0.25, 0.3) is 5.91 Å². The monoisotopic (exact) mass is 345 g/mol. The quantitative estimate of drug-likeness (QED) is 0.868. The fraction of sp³-hybridized carbons (Fsp3) is 0.294. The van der Waals surface area contributed by atoms with Crippen LogP contribution in [-0.4, -0.2) is 39.3 Å². The first kappa shape index (κ1) is 16.4. The standard InChI is InChI=1S/C17H16FN3O2S/c1-19-14-13(11-5-3-4-6-12(11)18)15(16(22)20-2)24-17(14)21-7-9-23-10-8-21/h3-6H,7-10H2,2H3,(H,20,22). The maximum atomic E-state index is 14.3. The summed E-state index contributed by atoms with van der Waals surface area (Å²) in [5.41, 5.74) is 0.970. The second-order valence-electron chi connectivity index (χ2n) is 5.23. The molecule has 1 amide bonds. The number of benzene rings is 1.